The molecule has 3 rings (SSSR count). The first kappa shape index (κ1) is 21.6. The lowest BCUT2D eigenvalue weighted by molar-refractivity contribution is -0.118. The number of amides is 2. The summed E-state index contributed by atoms with van der Waals surface area (Å²) in [7, 11) is 0. The number of aromatic nitrogens is 2. The molecule has 0 aliphatic rings. The number of carbonyl (C=O) groups is 2. The minimum atomic E-state index is -0.685. The normalized spacial score (nSPS) is 11.9. The Balaban J connectivity index is 1.69. The van der Waals surface area contributed by atoms with Crippen molar-refractivity contribution < 1.29 is 9.59 Å². The molecule has 0 aliphatic heterocycles. The van der Waals surface area contributed by atoms with E-state index in [0.717, 1.165) is 28.1 Å². The maximum Gasteiger partial charge on any atom is 0.251 e. The van der Waals surface area contributed by atoms with Gasteiger partial charge in [-0.3, -0.25) is 14.9 Å². The minimum Gasteiger partial charge on any atom is -0.340 e. The van der Waals surface area contributed by atoms with Crippen molar-refractivity contribution in [2.45, 2.75) is 40.2 Å². The quantitative estimate of drug-likeness (QED) is 0.588. The van der Waals surface area contributed by atoms with Crippen LogP contribution >= 0.6 is 11.3 Å². The third kappa shape index (κ3) is 5.30. The Hall–Kier alpha value is -3.06. The van der Waals surface area contributed by atoms with E-state index in [0.29, 0.717) is 10.7 Å². The lowest BCUT2D eigenvalue weighted by Crippen LogP contribution is -2.47. The second kappa shape index (κ2) is 9.63. The van der Waals surface area contributed by atoms with Crippen molar-refractivity contribution >= 4 is 28.3 Å². The van der Waals surface area contributed by atoms with Gasteiger partial charge in [0.25, 0.3) is 5.91 Å². The number of rotatable bonds is 7. The zero-order chi connectivity index (χ0) is 21.7. The van der Waals surface area contributed by atoms with Crippen molar-refractivity contribution in [1.82, 2.24) is 15.5 Å². The minimum absolute atomic E-state index is 0.0898. The Labute approximate surface area is 180 Å². The summed E-state index contributed by atoms with van der Waals surface area (Å²) in [5.41, 5.74) is 3.77. The topological polar surface area (TPSA) is 84.0 Å². The molecule has 2 aromatic carbocycles. The fourth-order valence-corrected chi connectivity index (χ4v) is 3.75. The highest BCUT2D eigenvalue weighted by Crippen LogP contribution is 2.27. The molecule has 0 bridgehead atoms. The van der Waals surface area contributed by atoms with Crippen molar-refractivity contribution in [1.29, 1.82) is 0 Å². The van der Waals surface area contributed by atoms with Crippen LogP contribution in [0.2, 0.25) is 0 Å². The van der Waals surface area contributed by atoms with Gasteiger partial charge >= 0.3 is 0 Å². The van der Waals surface area contributed by atoms with Crippen LogP contribution in [0.5, 0.6) is 0 Å². The van der Waals surface area contributed by atoms with Crippen LogP contribution in [0.1, 0.15) is 42.3 Å². The molecule has 6 nitrogen and oxygen atoms in total. The highest BCUT2D eigenvalue weighted by atomic mass is 32.1. The van der Waals surface area contributed by atoms with Gasteiger partial charge in [-0.15, -0.1) is 10.2 Å². The zero-order valence-corrected chi connectivity index (χ0v) is 18.4. The molecule has 0 radical (unpaired) electrons. The van der Waals surface area contributed by atoms with Crippen LogP contribution in [0.4, 0.5) is 5.13 Å². The van der Waals surface area contributed by atoms with Gasteiger partial charge in [0.2, 0.25) is 11.0 Å². The van der Waals surface area contributed by atoms with Gasteiger partial charge in [0.1, 0.15) is 11.0 Å². The number of hydrogen-bond acceptors (Lipinski definition) is 5. The summed E-state index contributed by atoms with van der Waals surface area (Å²) < 4.78 is 0. The van der Waals surface area contributed by atoms with Gasteiger partial charge in [-0.25, -0.2) is 0 Å². The lowest BCUT2D eigenvalue weighted by Gasteiger charge is -2.21. The molecule has 1 atom stereocenters. The number of aryl methyl sites for hydroxylation is 2. The number of carbonyl (C=O) groups excluding carboxylic acids is 2. The highest BCUT2D eigenvalue weighted by molar-refractivity contribution is 7.18. The summed E-state index contributed by atoms with van der Waals surface area (Å²) in [4.78, 5) is 25.5. The summed E-state index contributed by atoms with van der Waals surface area (Å²) in [5.74, 6) is -0.673. The maximum absolute atomic E-state index is 12.8. The molecule has 156 valence electrons. The van der Waals surface area contributed by atoms with Crippen molar-refractivity contribution in [3.8, 4) is 10.6 Å². The van der Waals surface area contributed by atoms with Crippen LogP contribution in [-0.2, 0) is 11.2 Å². The van der Waals surface area contributed by atoms with E-state index < -0.39 is 6.04 Å². The van der Waals surface area contributed by atoms with E-state index in [4.69, 9.17) is 0 Å². The molecule has 2 amide bonds. The first-order chi connectivity index (χ1) is 14.4. The number of nitrogens with one attached hydrogen (secondary N) is 2. The summed E-state index contributed by atoms with van der Waals surface area (Å²) in [6, 6.07) is 14.7. The number of anilines is 1. The van der Waals surface area contributed by atoms with Crippen LogP contribution in [-0.4, -0.2) is 28.1 Å². The monoisotopic (exact) mass is 422 g/mol. The number of nitrogens with zero attached hydrogens (tertiary/aromatic N) is 2. The molecule has 1 heterocycles. The summed E-state index contributed by atoms with van der Waals surface area (Å²) in [6.07, 6.45) is 0.908. The molecule has 7 heteroatoms. The van der Waals surface area contributed by atoms with Crippen molar-refractivity contribution in [3.63, 3.8) is 0 Å². The van der Waals surface area contributed by atoms with E-state index >= 15 is 0 Å². The smallest absolute Gasteiger partial charge is 0.251 e. The SMILES string of the molecule is CCc1ccc(C(=O)N[C@@H](C(=O)Nc2nnc(-c3cccc(C)c3)s2)C(C)C)cc1. The van der Waals surface area contributed by atoms with E-state index in [-0.39, 0.29) is 17.7 Å². The standard InChI is InChI=1S/C23H26N4O2S/c1-5-16-9-11-17(12-10-16)20(28)24-19(14(2)3)21(29)25-23-27-26-22(30-23)18-8-6-7-15(4)13-18/h6-14,19H,5H2,1-4H3,(H,24,28)(H,25,27,29)/t19-/m1/s1. The Bertz CT molecular complexity index is 1030. The van der Waals surface area contributed by atoms with Gasteiger partial charge in [-0.05, 0) is 43.0 Å². The first-order valence-electron chi connectivity index (χ1n) is 9.98. The molecule has 3 aromatic rings. The van der Waals surface area contributed by atoms with E-state index in [1.165, 1.54) is 11.3 Å². The Morgan fingerprint density at radius 3 is 2.43 bits per heavy atom. The molecule has 0 saturated carbocycles. The lowest BCUT2D eigenvalue weighted by atomic mass is 10.0. The van der Waals surface area contributed by atoms with Crippen molar-refractivity contribution in [2.24, 2.45) is 5.92 Å². The molecule has 0 fully saturated rings. The van der Waals surface area contributed by atoms with Gasteiger partial charge in [-0.1, -0.05) is 68.0 Å². The number of hydrogen-bond donors (Lipinski definition) is 2. The van der Waals surface area contributed by atoms with Crippen LogP contribution < -0.4 is 10.6 Å². The van der Waals surface area contributed by atoms with Crippen LogP contribution in [0, 0.1) is 12.8 Å². The Morgan fingerprint density at radius 2 is 1.80 bits per heavy atom. The third-order valence-electron chi connectivity index (χ3n) is 4.78. The third-order valence-corrected chi connectivity index (χ3v) is 5.67. The highest BCUT2D eigenvalue weighted by Gasteiger charge is 2.25. The van der Waals surface area contributed by atoms with Gasteiger partial charge in [0.15, 0.2) is 0 Å². The molecular formula is C23H26N4O2S. The Morgan fingerprint density at radius 1 is 1.07 bits per heavy atom. The van der Waals surface area contributed by atoms with Crippen LogP contribution in [0.3, 0.4) is 0 Å². The second-order valence-electron chi connectivity index (χ2n) is 7.52. The summed E-state index contributed by atoms with van der Waals surface area (Å²) >= 11 is 1.30. The Kier molecular flexibility index (Phi) is 6.95. The van der Waals surface area contributed by atoms with Gasteiger partial charge in [-0.2, -0.15) is 0 Å². The van der Waals surface area contributed by atoms with Crippen LogP contribution in [0.25, 0.3) is 10.6 Å². The zero-order valence-electron chi connectivity index (χ0n) is 17.6. The summed E-state index contributed by atoms with van der Waals surface area (Å²) in [6.45, 7) is 7.86. The first-order valence-corrected chi connectivity index (χ1v) is 10.8. The molecule has 0 spiro atoms. The van der Waals surface area contributed by atoms with Crippen molar-refractivity contribution in [2.75, 3.05) is 5.32 Å². The molecule has 30 heavy (non-hydrogen) atoms. The van der Waals surface area contributed by atoms with E-state index in [1.807, 2.05) is 57.2 Å². The second-order valence-corrected chi connectivity index (χ2v) is 8.49. The van der Waals surface area contributed by atoms with Crippen molar-refractivity contribution in [3.05, 3.63) is 65.2 Å². The molecule has 0 aliphatic carbocycles. The van der Waals surface area contributed by atoms with Gasteiger partial charge in [0, 0.05) is 11.1 Å². The average Bonchev–Trinajstić information content (AvgIpc) is 3.20. The molecule has 0 saturated heterocycles. The van der Waals surface area contributed by atoms with E-state index in [1.54, 1.807) is 12.1 Å². The molecule has 2 N–H and O–H groups in total. The average molecular weight is 423 g/mol. The largest absolute Gasteiger partial charge is 0.340 e. The predicted molar refractivity (Wildman–Crippen MR) is 121 cm³/mol. The van der Waals surface area contributed by atoms with Gasteiger partial charge in [0.05, 0.1) is 0 Å². The summed E-state index contributed by atoms with van der Waals surface area (Å²) in [5, 5.41) is 15.0. The maximum atomic E-state index is 12.8. The molecular weight excluding hydrogens is 396 g/mol. The fraction of sp³-hybridized carbons (Fsp3) is 0.304. The number of benzene rings is 2. The van der Waals surface area contributed by atoms with E-state index in [9.17, 15) is 9.59 Å². The van der Waals surface area contributed by atoms with E-state index in [2.05, 4.69) is 27.8 Å². The molecule has 1 aromatic heterocycles. The predicted octanol–water partition coefficient (Wildman–Crippen LogP) is 4.47. The fourth-order valence-electron chi connectivity index (χ4n) is 3.00. The molecule has 0 unspecified atom stereocenters. The van der Waals surface area contributed by atoms with Gasteiger partial charge < -0.3 is 5.32 Å². The van der Waals surface area contributed by atoms with Crippen LogP contribution in [0.15, 0.2) is 48.5 Å².